The van der Waals surface area contributed by atoms with E-state index in [9.17, 15) is 9.59 Å². The second-order valence-electron chi connectivity index (χ2n) is 5.02. The molecule has 0 spiro atoms. The van der Waals surface area contributed by atoms with Crippen molar-refractivity contribution in [2.45, 2.75) is 19.5 Å². The summed E-state index contributed by atoms with van der Waals surface area (Å²) in [5.41, 5.74) is 6.92. The highest BCUT2D eigenvalue weighted by Gasteiger charge is 2.17. The monoisotopic (exact) mass is 285 g/mol. The fourth-order valence-electron chi connectivity index (χ4n) is 2.10. The van der Waals surface area contributed by atoms with Crippen molar-refractivity contribution in [2.24, 2.45) is 0 Å². The Hall–Kier alpha value is -2.56. The van der Waals surface area contributed by atoms with Crippen molar-refractivity contribution in [3.63, 3.8) is 0 Å². The quantitative estimate of drug-likeness (QED) is 0.928. The van der Waals surface area contributed by atoms with Crippen LogP contribution < -0.4 is 11.3 Å². The van der Waals surface area contributed by atoms with Gasteiger partial charge in [0.25, 0.3) is 5.56 Å². The van der Waals surface area contributed by atoms with Gasteiger partial charge in [-0.25, -0.2) is 0 Å². The molecule has 1 aromatic heterocycles. The molecule has 2 aromatic rings. The summed E-state index contributed by atoms with van der Waals surface area (Å²) >= 11 is 0. The molecule has 0 bridgehead atoms. The molecule has 5 heteroatoms. The lowest BCUT2D eigenvalue weighted by Crippen LogP contribution is -2.35. The summed E-state index contributed by atoms with van der Waals surface area (Å²) in [7, 11) is 1.73. The normalized spacial score (nSPS) is 11.9. The number of carbonyl (C=O) groups excluding carboxylic acids is 1. The molecular formula is C16H19N3O2. The van der Waals surface area contributed by atoms with E-state index < -0.39 is 0 Å². The molecule has 0 fully saturated rings. The SMILES string of the molecule is CC(c1ccccc1)N(C)C(=O)Cn1cc(N)ccc1=O. The Balaban J connectivity index is 2.13. The summed E-state index contributed by atoms with van der Waals surface area (Å²) in [4.78, 5) is 25.7. The average molecular weight is 285 g/mol. The van der Waals surface area contributed by atoms with Gasteiger partial charge < -0.3 is 15.2 Å². The van der Waals surface area contributed by atoms with Crippen LogP contribution in [0, 0.1) is 0 Å². The summed E-state index contributed by atoms with van der Waals surface area (Å²) in [6.45, 7) is 1.94. The van der Waals surface area contributed by atoms with Gasteiger partial charge in [0.15, 0.2) is 0 Å². The van der Waals surface area contributed by atoms with E-state index in [0.717, 1.165) is 5.56 Å². The van der Waals surface area contributed by atoms with Crippen LogP contribution in [0.25, 0.3) is 0 Å². The van der Waals surface area contributed by atoms with Gasteiger partial charge in [0, 0.05) is 25.0 Å². The number of hydrogen-bond acceptors (Lipinski definition) is 3. The number of nitrogens with two attached hydrogens (primary N) is 1. The minimum absolute atomic E-state index is 0.0163. The molecule has 110 valence electrons. The van der Waals surface area contributed by atoms with Crippen LogP contribution in [-0.2, 0) is 11.3 Å². The molecule has 1 atom stereocenters. The second-order valence-corrected chi connectivity index (χ2v) is 5.02. The third-order valence-electron chi connectivity index (χ3n) is 3.57. The zero-order valence-corrected chi connectivity index (χ0v) is 12.2. The van der Waals surface area contributed by atoms with Crippen LogP contribution in [0.5, 0.6) is 0 Å². The molecule has 2 rings (SSSR count). The Morgan fingerprint density at radius 3 is 2.57 bits per heavy atom. The first kappa shape index (κ1) is 14.8. The van der Waals surface area contributed by atoms with Gasteiger partial charge in [-0.3, -0.25) is 9.59 Å². The van der Waals surface area contributed by atoms with Crippen molar-refractivity contribution in [1.29, 1.82) is 0 Å². The number of likely N-dealkylation sites (N-methyl/N-ethyl adjacent to an activating group) is 1. The number of benzene rings is 1. The Bertz CT molecular complexity index is 679. The van der Waals surface area contributed by atoms with E-state index >= 15 is 0 Å². The second kappa shape index (κ2) is 6.26. The lowest BCUT2D eigenvalue weighted by Gasteiger charge is -2.25. The van der Waals surface area contributed by atoms with E-state index in [1.807, 2.05) is 37.3 Å². The number of aromatic nitrogens is 1. The summed E-state index contributed by atoms with van der Waals surface area (Å²) < 4.78 is 1.33. The molecule has 0 saturated heterocycles. The van der Waals surface area contributed by atoms with Crippen LogP contribution >= 0.6 is 0 Å². The van der Waals surface area contributed by atoms with E-state index in [-0.39, 0.29) is 24.1 Å². The maximum Gasteiger partial charge on any atom is 0.251 e. The first-order valence-electron chi connectivity index (χ1n) is 6.75. The summed E-state index contributed by atoms with van der Waals surface area (Å²) in [5, 5.41) is 0. The predicted octanol–water partition coefficient (Wildman–Crippen LogP) is 1.65. The molecule has 0 aliphatic rings. The van der Waals surface area contributed by atoms with E-state index in [1.54, 1.807) is 11.9 Å². The van der Waals surface area contributed by atoms with Crippen LogP contribution in [0.2, 0.25) is 0 Å². The largest absolute Gasteiger partial charge is 0.398 e. The topological polar surface area (TPSA) is 68.3 Å². The first-order chi connectivity index (χ1) is 9.99. The summed E-state index contributed by atoms with van der Waals surface area (Å²) in [6, 6.07) is 12.6. The van der Waals surface area contributed by atoms with Crippen LogP contribution in [0.4, 0.5) is 5.69 Å². The summed E-state index contributed by atoms with van der Waals surface area (Å²) in [6.07, 6.45) is 1.49. The molecule has 1 amide bonds. The molecule has 1 unspecified atom stereocenters. The predicted molar refractivity (Wildman–Crippen MR) is 82.7 cm³/mol. The van der Waals surface area contributed by atoms with Gasteiger partial charge in [-0.15, -0.1) is 0 Å². The smallest absolute Gasteiger partial charge is 0.251 e. The summed E-state index contributed by atoms with van der Waals surface area (Å²) in [5.74, 6) is -0.140. The minimum atomic E-state index is -0.238. The van der Waals surface area contributed by atoms with E-state index in [1.165, 1.54) is 22.9 Å². The van der Waals surface area contributed by atoms with Crippen molar-refractivity contribution in [2.75, 3.05) is 12.8 Å². The third kappa shape index (κ3) is 3.51. The van der Waals surface area contributed by atoms with Gasteiger partial charge in [0.1, 0.15) is 6.54 Å². The Morgan fingerprint density at radius 2 is 1.90 bits per heavy atom. The van der Waals surface area contributed by atoms with Crippen LogP contribution in [0.1, 0.15) is 18.5 Å². The van der Waals surface area contributed by atoms with Gasteiger partial charge in [-0.2, -0.15) is 0 Å². The van der Waals surface area contributed by atoms with Crippen LogP contribution in [-0.4, -0.2) is 22.4 Å². The highest BCUT2D eigenvalue weighted by Crippen LogP contribution is 2.18. The lowest BCUT2D eigenvalue weighted by molar-refractivity contribution is -0.132. The van der Waals surface area contributed by atoms with E-state index in [2.05, 4.69) is 0 Å². The minimum Gasteiger partial charge on any atom is -0.398 e. The third-order valence-corrected chi connectivity index (χ3v) is 3.57. The zero-order chi connectivity index (χ0) is 15.4. The first-order valence-corrected chi connectivity index (χ1v) is 6.75. The van der Waals surface area contributed by atoms with Crippen molar-refractivity contribution in [3.8, 4) is 0 Å². The zero-order valence-electron chi connectivity index (χ0n) is 12.2. The molecule has 21 heavy (non-hydrogen) atoms. The number of hydrogen-bond donors (Lipinski definition) is 1. The molecule has 1 heterocycles. The van der Waals surface area contributed by atoms with E-state index in [4.69, 9.17) is 5.73 Å². The maximum atomic E-state index is 12.3. The van der Waals surface area contributed by atoms with Gasteiger partial charge >= 0.3 is 0 Å². The number of nitrogen functional groups attached to an aromatic ring is 1. The highest BCUT2D eigenvalue weighted by atomic mass is 16.2. The molecule has 0 aliphatic heterocycles. The molecule has 0 radical (unpaired) electrons. The van der Waals surface area contributed by atoms with Crippen molar-refractivity contribution in [1.82, 2.24) is 9.47 Å². The molecule has 0 saturated carbocycles. The Kier molecular flexibility index (Phi) is 4.42. The maximum absolute atomic E-state index is 12.3. The molecular weight excluding hydrogens is 266 g/mol. The molecule has 5 nitrogen and oxygen atoms in total. The Labute approximate surface area is 123 Å². The van der Waals surface area contributed by atoms with Crippen molar-refractivity contribution >= 4 is 11.6 Å². The van der Waals surface area contributed by atoms with Crippen LogP contribution in [0.3, 0.4) is 0 Å². The number of pyridine rings is 1. The highest BCUT2D eigenvalue weighted by molar-refractivity contribution is 5.76. The van der Waals surface area contributed by atoms with Gasteiger partial charge in [-0.05, 0) is 18.6 Å². The number of nitrogens with zero attached hydrogens (tertiary/aromatic N) is 2. The van der Waals surface area contributed by atoms with Crippen molar-refractivity contribution in [3.05, 3.63) is 64.6 Å². The standard InChI is InChI=1S/C16H19N3O2/c1-12(13-6-4-3-5-7-13)18(2)16(21)11-19-10-14(17)8-9-15(19)20/h3-10,12H,11,17H2,1-2H3. The Morgan fingerprint density at radius 1 is 1.24 bits per heavy atom. The van der Waals surface area contributed by atoms with Crippen molar-refractivity contribution < 1.29 is 4.79 Å². The van der Waals surface area contributed by atoms with E-state index in [0.29, 0.717) is 5.69 Å². The van der Waals surface area contributed by atoms with Gasteiger partial charge in [0.2, 0.25) is 5.91 Å². The molecule has 1 aromatic carbocycles. The molecule has 2 N–H and O–H groups in total. The number of amides is 1. The number of rotatable bonds is 4. The number of carbonyl (C=O) groups is 1. The number of anilines is 1. The van der Waals surface area contributed by atoms with Gasteiger partial charge in [-0.1, -0.05) is 30.3 Å². The fraction of sp³-hybridized carbons (Fsp3) is 0.250. The lowest BCUT2D eigenvalue weighted by atomic mass is 10.1. The van der Waals surface area contributed by atoms with Crippen LogP contribution in [0.15, 0.2) is 53.5 Å². The molecule has 0 aliphatic carbocycles. The average Bonchev–Trinajstić information content (AvgIpc) is 2.50. The van der Waals surface area contributed by atoms with Gasteiger partial charge in [0.05, 0.1) is 6.04 Å². The fourth-order valence-corrected chi connectivity index (χ4v) is 2.10.